The molecule has 6 heteroatoms. The SMILES string of the molecule is COCCCN(Cc1ccc(C(=O)OC)o1)Cc1cccs1. The van der Waals surface area contributed by atoms with Gasteiger partial charge in [-0.05, 0) is 30.0 Å². The van der Waals surface area contributed by atoms with Crippen LogP contribution in [0.15, 0.2) is 34.1 Å². The van der Waals surface area contributed by atoms with Crippen molar-refractivity contribution < 1.29 is 18.7 Å². The Morgan fingerprint density at radius 1 is 1.27 bits per heavy atom. The lowest BCUT2D eigenvalue weighted by atomic mass is 10.3. The van der Waals surface area contributed by atoms with Gasteiger partial charge in [0.15, 0.2) is 0 Å². The van der Waals surface area contributed by atoms with Crippen molar-refractivity contribution in [1.82, 2.24) is 4.90 Å². The van der Waals surface area contributed by atoms with E-state index in [1.807, 2.05) is 6.07 Å². The molecule has 0 amide bonds. The van der Waals surface area contributed by atoms with Crippen LogP contribution in [0.5, 0.6) is 0 Å². The zero-order chi connectivity index (χ0) is 15.8. The number of hydrogen-bond acceptors (Lipinski definition) is 6. The van der Waals surface area contributed by atoms with E-state index in [1.165, 1.54) is 12.0 Å². The van der Waals surface area contributed by atoms with E-state index < -0.39 is 5.97 Å². The molecule has 0 aromatic carbocycles. The molecule has 2 rings (SSSR count). The minimum Gasteiger partial charge on any atom is -0.463 e. The van der Waals surface area contributed by atoms with Crippen LogP contribution in [0.3, 0.4) is 0 Å². The first-order chi connectivity index (χ1) is 10.7. The molecule has 0 fully saturated rings. The fourth-order valence-electron chi connectivity index (χ4n) is 2.16. The van der Waals surface area contributed by atoms with Crippen molar-refractivity contribution in [3.8, 4) is 0 Å². The molecular formula is C16H21NO4S. The molecule has 0 saturated carbocycles. The van der Waals surface area contributed by atoms with Gasteiger partial charge in [0.05, 0.1) is 13.7 Å². The van der Waals surface area contributed by atoms with E-state index in [4.69, 9.17) is 9.15 Å². The summed E-state index contributed by atoms with van der Waals surface area (Å²) in [5, 5.41) is 2.07. The van der Waals surface area contributed by atoms with Gasteiger partial charge in [-0.2, -0.15) is 0 Å². The van der Waals surface area contributed by atoms with E-state index in [1.54, 1.807) is 24.5 Å². The largest absolute Gasteiger partial charge is 0.463 e. The van der Waals surface area contributed by atoms with Gasteiger partial charge in [0, 0.05) is 31.7 Å². The minimum atomic E-state index is -0.449. The number of ether oxygens (including phenoxy) is 2. The summed E-state index contributed by atoms with van der Waals surface area (Å²) in [6.07, 6.45) is 0.951. The summed E-state index contributed by atoms with van der Waals surface area (Å²) in [7, 11) is 3.05. The summed E-state index contributed by atoms with van der Waals surface area (Å²) >= 11 is 1.74. The van der Waals surface area contributed by atoms with E-state index >= 15 is 0 Å². The molecule has 2 aromatic rings. The summed E-state index contributed by atoms with van der Waals surface area (Å²) < 4.78 is 15.3. The van der Waals surface area contributed by atoms with Gasteiger partial charge in [-0.1, -0.05) is 6.07 Å². The highest BCUT2D eigenvalue weighted by Gasteiger charge is 2.14. The van der Waals surface area contributed by atoms with Gasteiger partial charge in [-0.25, -0.2) is 4.79 Å². The van der Waals surface area contributed by atoms with Gasteiger partial charge < -0.3 is 13.9 Å². The monoisotopic (exact) mass is 323 g/mol. The van der Waals surface area contributed by atoms with Crippen molar-refractivity contribution in [2.75, 3.05) is 27.4 Å². The standard InChI is InChI=1S/C16H21NO4S/c1-19-9-4-8-17(12-14-5-3-10-22-14)11-13-6-7-15(21-13)16(18)20-2/h3,5-7,10H,4,8-9,11-12H2,1-2H3. The lowest BCUT2D eigenvalue weighted by molar-refractivity contribution is 0.0560. The zero-order valence-corrected chi connectivity index (χ0v) is 13.7. The zero-order valence-electron chi connectivity index (χ0n) is 12.9. The lowest BCUT2D eigenvalue weighted by Gasteiger charge is -2.20. The second-order valence-electron chi connectivity index (χ2n) is 4.89. The molecule has 0 aliphatic carbocycles. The molecule has 0 unspecified atom stereocenters. The first-order valence-electron chi connectivity index (χ1n) is 7.13. The maximum absolute atomic E-state index is 11.4. The van der Waals surface area contributed by atoms with Crippen molar-refractivity contribution in [3.05, 3.63) is 46.0 Å². The Hall–Kier alpha value is -1.63. The third-order valence-corrected chi connectivity index (χ3v) is 4.07. The van der Waals surface area contributed by atoms with Crippen molar-refractivity contribution >= 4 is 17.3 Å². The predicted molar refractivity (Wildman–Crippen MR) is 85.0 cm³/mol. The predicted octanol–water partition coefficient (Wildman–Crippen LogP) is 3.17. The molecule has 0 bridgehead atoms. The summed E-state index contributed by atoms with van der Waals surface area (Å²) in [6.45, 7) is 3.14. The van der Waals surface area contributed by atoms with Crippen LogP contribution >= 0.6 is 11.3 Å². The molecule has 0 radical (unpaired) electrons. The maximum atomic E-state index is 11.4. The van der Waals surface area contributed by atoms with Crippen molar-refractivity contribution in [3.63, 3.8) is 0 Å². The Bertz CT molecular complexity index is 564. The fourth-order valence-corrected chi connectivity index (χ4v) is 2.91. The third kappa shape index (κ3) is 4.98. The molecule has 0 atom stereocenters. The third-order valence-electron chi connectivity index (χ3n) is 3.21. The topological polar surface area (TPSA) is 51.9 Å². The molecule has 2 heterocycles. The van der Waals surface area contributed by atoms with E-state index in [9.17, 15) is 4.79 Å². The number of carbonyl (C=O) groups excluding carboxylic acids is 1. The van der Waals surface area contributed by atoms with Crippen LogP contribution in [0.25, 0.3) is 0 Å². The van der Waals surface area contributed by atoms with E-state index in [2.05, 4.69) is 27.1 Å². The Balaban J connectivity index is 1.98. The Morgan fingerprint density at radius 2 is 2.14 bits per heavy atom. The summed E-state index contributed by atoms with van der Waals surface area (Å²) in [5.74, 6) is 0.551. The van der Waals surface area contributed by atoms with Crippen LogP contribution in [0.1, 0.15) is 27.6 Å². The van der Waals surface area contributed by atoms with Crippen LogP contribution in [-0.2, 0) is 22.6 Å². The number of nitrogens with zero attached hydrogens (tertiary/aromatic N) is 1. The minimum absolute atomic E-state index is 0.241. The number of hydrogen-bond donors (Lipinski definition) is 0. The first kappa shape index (κ1) is 16.7. The van der Waals surface area contributed by atoms with Gasteiger partial charge in [-0.15, -0.1) is 11.3 Å². The van der Waals surface area contributed by atoms with Crippen LogP contribution in [-0.4, -0.2) is 38.2 Å². The maximum Gasteiger partial charge on any atom is 0.373 e. The number of thiophene rings is 1. The number of esters is 1. The van der Waals surface area contributed by atoms with Gasteiger partial charge in [0.1, 0.15) is 5.76 Å². The molecule has 0 saturated heterocycles. The molecule has 0 N–H and O–H groups in total. The number of rotatable bonds is 9. The molecule has 22 heavy (non-hydrogen) atoms. The van der Waals surface area contributed by atoms with Crippen LogP contribution in [0.4, 0.5) is 0 Å². The highest BCUT2D eigenvalue weighted by atomic mass is 32.1. The highest BCUT2D eigenvalue weighted by molar-refractivity contribution is 7.09. The molecule has 2 aromatic heterocycles. The van der Waals surface area contributed by atoms with E-state index in [0.717, 1.165) is 31.9 Å². The van der Waals surface area contributed by atoms with Crippen molar-refractivity contribution in [1.29, 1.82) is 0 Å². The molecular weight excluding hydrogens is 302 g/mol. The Morgan fingerprint density at radius 3 is 2.82 bits per heavy atom. The number of methoxy groups -OCH3 is 2. The van der Waals surface area contributed by atoms with Crippen molar-refractivity contribution in [2.24, 2.45) is 0 Å². The lowest BCUT2D eigenvalue weighted by Crippen LogP contribution is -2.24. The Labute approximate surface area is 134 Å². The van der Waals surface area contributed by atoms with Gasteiger partial charge in [0.2, 0.25) is 5.76 Å². The molecule has 0 spiro atoms. The second kappa shape index (κ2) is 8.73. The normalized spacial score (nSPS) is 11.0. The molecule has 5 nitrogen and oxygen atoms in total. The second-order valence-corrected chi connectivity index (χ2v) is 5.93. The molecule has 0 aliphatic heterocycles. The quantitative estimate of drug-likeness (QED) is 0.524. The van der Waals surface area contributed by atoms with Crippen molar-refractivity contribution in [2.45, 2.75) is 19.5 Å². The van der Waals surface area contributed by atoms with E-state index in [0.29, 0.717) is 6.54 Å². The van der Waals surface area contributed by atoms with Gasteiger partial charge >= 0.3 is 5.97 Å². The summed E-state index contributed by atoms with van der Waals surface area (Å²) in [6, 6.07) is 7.65. The smallest absolute Gasteiger partial charge is 0.373 e. The average molecular weight is 323 g/mol. The van der Waals surface area contributed by atoms with Crippen LogP contribution in [0.2, 0.25) is 0 Å². The summed E-state index contributed by atoms with van der Waals surface area (Å²) in [5.41, 5.74) is 0. The molecule has 120 valence electrons. The van der Waals surface area contributed by atoms with E-state index in [-0.39, 0.29) is 5.76 Å². The number of furan rings is 1. The number of carbonyl (C=O) groups is 1. The average Bonchev–Trinajstić information content (AvgIpc) is 3.18. The Kier molecular flexibility index (Phi) is 6.64. The van der Waals surface area contributed by atoms with Gasteiger partial charge in [0.25, 0.3) is 0 Å². The fraction of sp³-hybridized carbons (Fsp3) is 0.438. The summed E-state index contributed by atoms with van der Waals surface area (Å²) in [4.78, 5) is 15.0. The van der Waals surface area contributed by atoms with Gasteiger partial charge in [-0.3, -0.25) is 4.90 Å². The van der Waals surface area contributed by atoms with Crippen LogP contribution in [0, 0.1) is 0 Å². The highest BCUT2D eigenvalue weighted by Crippen LogP contribution is 2.16. The first-order valence-corrected chi connectivity index (χ1v) is 8.01. The molecule has 0 aliphatic rings. The van der Waals surface area contributed by atoms with Crippen LogP contribution < -0.4 is 0 Å².